The van der Waals surface area contributed by atoms with E-state index in [0.29, 0.717) is 13.0 Å². The molecular weight excluding hydrogens is 342 g/mol. The second-order valence-electron chi connectivity index (χ2n) is 5.99. The fraction of sp³-hybridized carbons (Fsp3) is 0.444. The van der Waals surface area contributed by atoms with Crippen LogP contribution in [0.2, 0.25) is 0 Å². The van der Waals surface area contributed by atoms with E-state index < -0.39 is 0 Å². The molecule has 0 saturated carbocycles. The molecule has 1 amide bonds. The summed E-state index contributed by atoms with van der Waals surface area (Å²) in [4.78, 5) is 19.0. The van der Waals surface area contributed by atoms with Gasteiger partial charge in [0.2, 0.25) is 5.91 Å². The number of amides is 1. The number of carbonyl (C=O) groups is 1. The number of nitrogens with two attached hydrogens (primary N) is 1. The molecule has 130 valence electrons. The van der Waals surface area contributed by atoms with Crippen molar-refractivity contribution >= 4 is 29.7 Å². The van der Waals surface area contributed by atoms with E-state index >= 15 is 0 Å². The molecule has 0 spiro atoms. The molecule has 1 atom stereocenters. The Bertz CT molecular complexity index is 671. The zero-order valence-electron chi connectivity index (χ0n) is 13.9. The van der Waals surface area contributed by atoms with Crippen LogP contribution in [0, 0.1) is 0 Å². The predicted octanol–water partition coefficient (Wildman–Crippen LogP) is 3.29. The molecular formula is C18H24ClN3OS. The van der Waals surface area contributed by atoms with Crippen molar-refractivity contribution in [1.82, 2.24) is 9.88 Å². The first-order chi connectivity index (χ1) is 11.2. The van der Waals surface area contributed by atoms with E-state index in [2.05, 4.69) is 36.2 Å². The third kappa shape index (κ3) is 4.15. The Labute approximate surface area is 153 Å². The molecule has 1 unspecified atom stereocenters. The van der Waals surface area contributed by atoms with Gasteiger partial charge in [-0.25, -0.2) is 4.98 Å². The second-order valence-corrected chi connectivity index (χ2v) is 6.85. The summed E-state index contributed by atoms with van der Waals surface area (Å²) >= 11 is 1.60. The second kappa shape index (κ2) is 8.60. The van der Waals surface area contributed by atoms with Gasteiger partial charge in [0, 0.05) is 30.1 Å². The predicted molar refractivity (Wildman–Crippen MR) is 102 cm³/mol. The zero-order chi connectivity index (χ0) is 16.2. The lowest BCUT2D eigenvalue weighted by molar-refractivity contribution is -0.131. The maximum Gasteiger partial charge on any atom is 0.228 e. The maximum atomic E-state index is 12.4. The number of hydrogen-bond acceptors (Lipinski definition) is 4. The van der Waals surface area contributed by atoms with Gasteiger partial charge in [-0.2, -0.15) is 0 Å². The number of halogens is 1. The number of aromatic nitrogens is 1. The normalized spacial score (nSPS) is 16.9. The van der Waals surface area contributed by atoms with Gasteiger partial charge in [0.1, 0.15) is 5.01 Å². The largest absolute Gasteiger partial charge is 0.338 e. The van der Waals surface area contributed by atoms with E-state index in [-0.39, 0.29) is 24.4 Å². The number of thiazole rings is 1. The monoisotopic (exact) mass is 365 g/mol. The highest BCUT2D eigenvalue weighted by Crippen LogP contribution is 2.25. The maximum absolute atomic E-state index is 12.4. The lowest BCUT2D eigenvalue weighted by Crippen LogP contribution is -2.40. The third-order valence-electron chi connectivity index (χ3n) is 4.46. The number of aryl methyl sites for hydroxylation is 1. The highest BCUT2D eigenvalue weighted by Gasteiger charge is 2.27. The zero-order valence-corrected chi connectivity index (χ0v) is 15.5. The fourth-order valence-corrected chi connectivity index (χ4v) is 3.90. The van der Waals surface area contributed by atoms with Gasteiger partial charge in [-0.05, 0) is 24.8 Å². The number of rotatable bonds is 5. The van der Waals surface area contributed by atoms with Crippen LogP contribution in [-0.2, 0) is 17.6 Å². The standard InChI is InChI=1S/C18H23N3OS.ClH/c1-2-13-5-7-14(8-6-13)18-20-15(12-23-18)10-17(22)21-9-3-4-16(21)11-19;/h5-8,12,16H,2-4,9-11,19H2,1H3;1H. The number of likely N-dealkylation sites (tertiary alicyclic amines) is 1. The first-order valence-corrected chi connectivity index (χ1v) is 9.12. The van der Waals surface area contributed by atoms with Crippen LogP contribution in [0.5, 0.6) is 0 Å². The molecule has 2 aromatic rings. The Morgan fingerprint density at radius 2 is 2.12 bits per heavy atom. The summed E-state index contributed by atoms with van der Waals surface area (Å²) < 4.78 is 0. The van der Waals surface area contributed by atoms with Crippen molar-refractivity contribution in [2.24, 2.45) is 5.73 Å². The lowest BCUT2D eigenvalue weighted by Gasteiger charge is -2.23. The Kier molecular flexibility index (Phi) is 6.78. The molecule has 1 aliphatic rings. The van der Waals surface area contributed by atoms with Gasteiger partial charge < -0.3 is 10.6 Å². The van der Waals surface area contributed by atoms with E-state index in [0.717, 1.165) is 42.1 Å². The van der Waals surface area contributed by atoms with Crippen molar-refractivity contribution in [2.45, 2.75) is 38.6 Å². The Morgan fingerprint density at radius 1 is 1.38 bits per heavy atom. The Hall–Kier alpha value is -1.43. The molecule has 1 aromatic carbocycles. The quantitative estimate of drug-likeness (QED) is 0.884. The van der Waals surface area contributed by atoms with Gasteiger partial charge in [-0.15, -0.1) is 23.7 Å². The van der Waals surface area contributed by atoms with Crippen LogP contribution in [0.3, 0.4) is 0 Å². The minimum absolute atomic E-state index is 0. The average Bonchev–Trinajstić information content (AvgIpc) is 3.23. The molecule has 0 aliphatic carbocycles. The first-order valence-electron chi connectivity index (χ1n) is 8.24. The van der Waals surface area contributed by atoms with Crippen LogP contribution in [0.25, 0.3) is 10.6 Å². The number of hydrogen-bond donors (Lipinski definition) is 1. The summed E-state index contributed by atoms with van der Waals surface area (Å²) in [5.74, 6) is 0.149. The van der Waals surface area contributed by atoms with Crippen molar-refractivity contribution in [3.8, 4) is 10.6 Å². The van der Waals surface area contributed by atoms with Gasteiger partial charge in [0.15, 0.2) is 0 Å². The average molecular weight is 366 g/mol. The molecule has 1 fully saturated rings. The van der Waals surface area contributed by atoms with E-state index in [1.165, 1.54) is 5.56 Å². The van der Waals surface area contributed by atoms with Crippen LogP contribution in [0.1, 0.15) is 31.0 Å². The molecule has 0 radical (unpaired) electrons. The van der Waals surface area contributed by atoms with Crippen LogP contribution in [-0.4, -0.2) is 34.9 Å². The van der Waals surface area contributed by atoms with Gasteiger partial charge in [-0.1, -0.05) is 31.2 Å². The highest BCUT2D eigenvalue weighted by atomic mass is 35.5. The molecule has 4 nitrogen and oxygen atoms in total. The number of carbonyl (C=O) groups excluding carboxylic acids is 1. The van der Waals surface area contributed by atoms with Crippen molar-refractivity contribution in [1.29, 1.82) is 0 Å². The molecule has 0 bridgehead atoms. The highest BCUT2D eigenvalue weighted by molar-refractivity contribution is 7.13. The van der Waals surface area contributed by atoms with Gasteiger partial charge in [0.05, 0.1) is 12.1 Å². The van der Waals surface area contributed by atoms with E-state index in [4.69, 9.17) is 5.73 Å². The topological polar surface area (TPSA) is 59.2 Å². The summed E-state index contributed by atoms with van der Waals surface area (Å²) in [6.45, 7) is 3.53. The van der Waals surface area contributed by atoms with Gasteiger partial charge in [-0.3, -0.25) is 4.79 Å². The van der Waals surface area contributed by atoms with Crippen molar-refractivity contribution in [3.05, 3.63) is 40.9 Å². The summed E-state index contributed by atoms with van der Waals surface area (Å²) in [5.41, 5.74) is 9.05. The molecule has 3 rings (SSSR count). The van der Waals surface area contributed by atoms with Crippen LogP contribution in [0.4, 0.5) is 0 Å². The smallest absolute Gasteiger partial charge is 0.228 e. The van der Waals surface area contributed by atoms with E-state index in [1.54, 1.807) is 11.3 Å². The van der Waals surface area contributed by atoms with Crippen LogP contribution >= 0.6 is 23.7 Å². The lowest BCUT2D eigenvalue weighted by atomic mass is 10.1. The summed E-state index contributed by atoms with van der Waals surface area (Å²) in [5, 5.41) is 2.97. The Balaban J connectivity index is 0.00000208. The van der Waals surface area contributed by atoms with Crippen molar-refractivity contribution in [3.63, 3.8) is 0 Å². The minimum Gasteiger partial charge on any atom is -0.338 e. The van der Waals surface area contributed by atoms with Crippen molar-refractivity contribution in [2.75, 3.05) is 13.1 Å². The van der Waals surface area contributed by atoms with E-state index in [1.807, 2.05) is 10.3 Å². The molecule has 2 heterocycles. The number of nitrogens with zero attached hydrogens (tertiary/aromatic N) is 2. The molecule has 1 aliphatic heterocycles. The van der Waals surface area contributed by atoms with Crippen LogP contribution < -0.4 is 5.73 Å². The Morgan fingerprint density at radius 3 is 2.79 bits per heavy atom. The van der Waals surface area contributed by atoms with E-state index in [9.17, 15) is 4.79 Å². The fourth-order valence-electron chi connectivity index (χ4n) is 3.07. The molecule has 2 N–H and O–H groups in total. The SMILES string of the molecule is CCc1ccc(-c2nc(CC(=O)N3CCCC3CN)cs2)cc1.Cl. The summed E-state index contributed by atoms with van der Waals surface area (Å²) in [6, 6.07) is 8.69. The molecule has 6 heteroatoms. The third-order valence-corrected chi connectivity index (χ3v) is 5.40. The van der Waals surface area contributed by atoms with Crippen LogP contribution in [0.15, 0.2) is 29.6 Å². The molecule has 1 saturated heterocycles. The molecule has 1 aromatic heterocycles. The molecule has 24 heavy (non-hydrogen) atoms. The summed E-state index contributed by atoms with van der Waals surface area (Å²) in [6.07, 6.45) is 3.49. The summed E-state index contributed by atoms with van der Waals surface area (Å²) in [7, 11) is 0. The number of benzene rings is 1. The van der Waals surface area contributed by atoms with Gasteiger partial charge in [0.25, 0.3) is 0 Å². The van der Waals surface area contributed by atoms with Gasteiger partial charge >= 0.3 is 0 Å². The minimum atomic E-state index is 0. The van der Waals surface area contributed by atoms with Crippen molar-refractivity contribution < 1.29 is 4.79 Å². The first kappa shape index (κ1) is 18.9.